The zero-order valence-corrected chi connectivity index (χ0v) is 28.0. The summed E-state index contributed by atoms with van der Waals surface area (Å²) in [4.78, 5) is 67.4. The van der Waals surface area contributed by atoms with Gasteiger partial charge in [0.1, 0.15) is 17.8 Å². The number of rotatable bonds is 3. The van der Waals surface area contributed by atoms with E-state index in [9.17, 15) is 29.1 Å². The van der Waals surface area contributed by atoms with E-state index in [2.05, 4.69) is 16.0 Å². The number of aliphatic hydroxyl groups is 1. The number of fused-ring (bicyclic) bond motifs is 19. The highest BCUT2D eigenvalue weighted by Crippen LogP contribution is 2.30. The molecule has 4 amide bonds. The van der Waals surface area contributed by atoms with Gasteiger partial charge in [0.15, 0.2) is 0 Å². The third kappa shape index (κ3) is 10.4. The molecule has 1 saturated carbocycles. The second kappa shape index (κ2) is 17.5. The first-order valence-electron chi connectivity index (χ1n) is 17.2. The molecule has 0 aromatic heterocycles. The molecule has 47 heavy (non-hydrogen) atoms. The molecule has 0 radical (unpaired) electrons. The minimum atomic E-state index is -0.881. The summed E-state index contributed by atoms with van der Waals surface area (Å²) in [6.07, 6.45) is 4.53. The molecule has 5 rings (SSSR count). The molecule has 260 valence electrons. The lowest BCUT2D eigenvalue weighted by Gasteiger charge is -2.33. The Morgan fingerprint density at radius 1 is 0.915 bits per heavy atom. The number of nitrogens with one attached hydrogen (secondary N) is 3. The van der Waals surface area contributed by atoms with Crippen LogP contribution in [0.3, 0.4) is 0 Å². The summed E-state index contributed by atoms with van der Waals surface area (Å²) < 4.78 is 10.8. The average Bonchev–Trinajstić information content (AvgIpc) is 3.56. The molecular weight excluding hydrogens is 604 g/mol. The highest BCUT2D eigenvalue weighted by Gasteiger charge is 2.39. The first-order chi connectivity index (χ1) is 22.5. The summed E-state index contributed by atoms with van der Waals surface area (Å²) in [7, 11) is 1.58. The molecule has 0 spiro atoms. The van der Waals surface area contributed by atoms with Crippen molar-refractivity contribution in [3.8, 4) is 5.75 Å². The Morgan fingerprint density at radius 3 is 2.34 bits per heavy atom. The highest BCUT2D eigenvalue weighted by atomic mass is 16.5. The predicted octanol–water partition coefficient (Wildman–Crippen LogP) is 2.26. The number of methoxy groups -OCH3 is 1. The van der Waals surface area contributed by atoms with E-state index in [-0.39, 0.29) is 67.5 Å². The van der Waals surface area contributed by atoms with Crippen molar-refractivity contribution in [2.75, 3.05) is 26.8 Å². The molecule has 2 bridgehead atoms. The minimum Gasteiger partial charge on any atom is -0.497 e. The maximum atomic E-state index is 13.5. The van der Waals surface area contributed by atoms with Crippen LogP contribution in [-0.2, 0) is 35.1 Å². The molecule has 4 fully saturated rings. The van der Waals surface area contributed by atoms with Gasteiger partial charge in [0.2, 0.25) is 23.6 Å². The number of hydrogen-bond donors (Lipinski definition) is 4. The van der Waals surface area contributed by atoms with Gasteiger partial charge in [-0.1, -0.05) is 26.0 Å². The number of carbonyl (C=O) groups is 5. The normalized spacial score (nSPS) is 31.0. The Labute approximate surface area is 277 Å². The van der Waals surface area contributed by atoms with Gasteiger partial charge >= 0.3 is 5.97 Å². The summed E-state index contributed by atoms with van der Waals surface area (Å²) in [5, 5.41) is 19.5. The fourth-order valence-electron chi connectivity index (χ4n) is 6.76. The summed E-state index contributed by atoms with van der Waals surface area (Å²) >= 11 is 0. The summed E-state index contributed by atoms with van der Waals surface area (Å²) in [6.45, 7) is 4.55. The van der Waals surface area contributed by atoms with Gasteiger partial charge in [0.25, 0.3) is 0 Å². The SMILES string of the molecule is COc1ccc(C[C@@H]2NC(=O)CCCNC(=O)[C@H](C)[C@@H](O)C[C@H](C)CCOC(=O)[C@@H]3CCCN3C(=O)C3CCC(CC3)NC2=O)cc1. The molecule has 1 aliphatic carbocycles. The number of benzene rings is 1. The van der Waals surface area contributed by atoms with Crippen LogP contribution in [0.4, 0.5) is 0 Å². The second-order valence-electron chi connectivity index (χ2n) is 13.5. The van der Waals surface area contributed by atoms with E-state index in [1.165, 1.54) is 0 Å². The largest absolute Gasteiger partial charge is 0.497 e. The van der Waals surface area contributed by atoms with E-state index in [0.29, 0.717) is 63.7 Å². The zero-order chi connectivity index (χ0) is 33.9. The number of ether oxygens (including phenoxy) is 2. The Bertz CT molecular complexity index is 1230. The minimum absolute atomic E-state index is 0.00454. The molecule has 3 heterocycles. The fourth-order valence-corrected chi connectivity index (χ4v) is 6.76. The topological polar surface area (TPSA) is 163 Å². The van der Waals surface area contributed by atoms with Crippen molar-refractivity contribution in [1.29, 1.82) is 0 Å². The molecule has 1 aromatic rings. The first-order valence-corrected chi connectivity index (χ1v) is 17.2. The molecule has 12 heteroatoms. The molecule has 3 saturated heterocycles. The first kappa shape index (κ1) is 36.2. The van der Waals surface area contributed by atoms with Gasteiger partial charge in [-0.05, 0) is 81.4 Å². The Kier molecular flexibility index (Phi) is 13.4. The van der Waals surface area contributed by atoms with E-state index >= 15 is 0 Å². The van der Waals surface area contributed by atoms with Crippen molar-refractivity contribution in [1.82, 2.24) is 20.9 Å². The van der Waals surface area contributed by atoms with Crippen molar-refractivity contribution in [3.05, 3.63) is 29.8 Å². The van der Waals surface area contributed by atoms with Crippen LogP contribution in [0.2, 0.25) is 0 Å². The maximum Gasteiger partial charge on any atom is 0.328 e. The van der Waals surface area contributed by atoms with Crippen LogP contribution in [0.25, 0.3) is 0 Å². The van der Waals surface area contributed by atoms with Crippen molar-refractivity contribution >= 4 is 29.6 Å². The molecule has 1 aromatic carbocycles. The smallest absolute Gasteiger partial charge is 0.328 e. The predicted molar refractivity (Wildman–Crippen MR) is 174 cm³/mol. The number of esters is 1. The van der Waals surface area contributed by atoms with Gasteiger partial charge in [-0.3, -0.25) is 19.2 Å². The number of amides is 4. The van der Waals surface area contributed by atoms with Gasteiger partial charge in [-0.15, -0.1) is 0 Å². The van der Waals surface area contributed by atoms with Gasteiger partial charge in [-0.25, -0.2) is 4.79 Å². The van der Waals surface area contributed by atoms with E-state index in [1.54, 1.807) is 31.1 Å². The van der Waals surface area contributed by atoms with Gasteiger partial charge in [0.05, 0.1) is 25.7 Å². The lowest BCUT2D eigenvalue weighted by molar-refractivity contribution is -0.155. The lowest BCUT2D eigenvalue weighted by Crippen LogP contribution is -2.52. The van der Waals surface area contributed by atoms with Crippen molar-refractivity contribution in [2.24, 2.45) is 17.8 Å². The number of aliphatic hydroxyl groups excluding tert-OH is 1. The van der Waals surface area contributed by atoms with Crippen LogP contribution in [0, 0.1) is 17.8 Å². The zero-order valence-electron chi connectivity index (χ0n) is 28.0. The van der Waals surface area contributed by atoms with E-state index in [1.807, 2.05) is 19.1 Å². The molecule has 0 unspecified atom stereocenters. The molecule has 4 N–H and O–H groups in total. The molecule has 3 aliphatic heterocycles. The number of carbonyl (C=O) groups excluding carboxylic acids is 5. The van der Waals surface area contributed by atoms with E-state index in [0.717, 1.165) is 12.0 Å². The van der Waals surface area contributed by atoms with Crippen LogP contribution in [0.15, 0.2) is 24.3 Å². The van der Waals surface area contributed by atoms with Crippen molar-refractivity contribution in [3.63, 3.8) is 0 Å². The van der Waals surface area contributed by atoms with Gasteiger partial charge in [-0.2, -0.15) is 0 Å². The van der Waals surface area contributed by atoms with Crippen molar-refractivity contribution in [2.45, 2.75) is 109 Å². The molecule has 4 aliphatic rings. The van der Waals surface area contributed by atoms with Crippen molar-refractivity contribution < 1.29 is 38.6 Å². The fraction of sp³-hybridized carbons (Fsp3) is 0.686. The second-order valence-corrected chi connectivity index (χ2v) is 13.5. The number of hydrogen-bond acceptors (Lipinski definition) is 8. The van der Waals surface area contributed by atoms with Crippen LogP contribution >= 0.6 is 0 Å². The monoisotopic (exact) mass is 656 g/mol. The van der Waals surface area contributed by atoms with Crippen LogP contribution in [-0.4, -0.2) is 90.6 Å². The Hall–Kier alpha value is -3.67. The van der Waals surface area contributed by atoms with Crippen LogP contribution < -0.4 is 20.7 Å². The van der Waals surface area contributed by atoms with E-state index < -0.39 is 30.1 Å². The summed E-state index contributed by atoms with van der Waals surface area (Å²) in [6, 6.07) is 5.79. The summed E-state index contributed by atoms with van der Waals surface area (Å²) in [5.74, 6) is -1.51. The lowest BCUT2D eigenvalue weighted by atomic mass is 9.84. The Balaban J connectivity index is 1.45. The summed E-state index contributed by atoms with van der Waals surface area (Å²) in [5.41, 5.74) is 0.859. The van der Waals surface area contributed by atoms with Gasteiger partial charge < -0.3 is 35.4 Å². The standard InChI is InChI=1S/C35H52N4O8/c1-22-16-19-47-35(45)29-6-5-18-39(29)34(44)25-10-12-26(13-11-25)37-33(43)28(21-24-8-14-27(46-3)15-9-24)38-31(41)7-4-17-36-32(42)23(2)30(40)20-22/h8-9,14-15,22-23,25-26,28-30,40H,4-7,10-13,16-21H2,1-3H3,(H,36,42)(H,37,43)(H,38,41)/t22-,23-,25?,26?,28+,29+,30+/m1/s1. The third-order valence-corrected chi connectivity index (χ3v) is 9.85. The van der Waals surface area contributed by atoms with Crippen LogP contribution in [0.5, 0.6) is 5.75 Å². The highest BCUT2D eigenvalue weighted by molar-refractivity contribution is 5.88. The molecule has 12 nitrogen and oxygen atoms in total. The van der Waals surface area contributed by atoms with Crippen LogP contribution in [0.1, 0.15) is 83.6 Å². The molecule has 5 atom stereocenters. The quantitative estimate of drug-likeness (QED) is 0.360. The number of nitrogens with zero attached hydrogens (tertiary/aromatic N) is 1. The van der Waals surface area contributed by atoms with Gasteiger partial charge in [0, 0.05) is 37.9 Å². The van der Waals surface area contributed by atoms with E-state index in [4.69, 9.17) is 9.47 Å². The average molecular weight is 657 g/mol. The maximum absolute atomic E-state index is 13.5. The molecular formula is C35H52N4O8. The third-order valence-electron chi connectivity index (χ3n) is 9.85. The Morgan fingerprint density at radius 2 is 1.64 bits per heavy atom.